The average Bonchev–Trinajstić information content (AvgIpc) is 3.18. The first-order valence-corrected chi connectivity index (χ1v) is 10.7. The highest BCUT2D eigenvalue weighted by Gasteiger charge is 2.33. The zero-order chi connectivity index (χ0) is 19.4. The van der Waals surface area contributed by atoms with Crippen molar-refractivity contribution in [1.82, 2.24) is 4.31 Å². The van der Waals surface area contributed by atoms with Crippen LogP contribution < -0.4 is 9.47 Å². The van der Waals surface area contributed by atoms with E-state index in [1.54, 1.807) is 35.7 Å². The third kappa shape index (κ3) is 4.62. The van der Waals surface area contributed by atoms with E-state index in [4.69, 9.17) is 9.47 Å². The van der Waals surface area contributed by atoms with Crippen molar-refractivity contribution in [3.63, 3.8) is 0 Å². The van der Waals surface area contributed by atoms with Crippen LogP contribution in [0.1, 0.15) is 31.7 Å². The van der Waals surface area contributed by atoms with Gasteiger partial charge in [0.25, 0.3) is 0 Å². The lowest BCUT2D eigenvalue weighted by atomic mass is 9.99. The molecule has 1 fully saturated rings. The smallest absolute Gasteiger partial charge is 0.243 e. The van der Waals surface area contributed by atoms with Gasteiger partial charge in [-0.1, -0.05) is 26.0 Å². The molecule has 2 aromatic carbocycles. The number of ether oxygens (including phenoxy) is 2. The van der Waals surface area contributed by atoms with Gasteiger partial charge in [0.1, 0.15) is 11.5 Å². The average molecular weight is 390 g/mol. The van der Waals surface area contributed by atoms with Crippen molar-refractivity contribution < 1.29 is 17.9 Å². The molecule has 27 heavy (non-hydrogen) atoms. The third-order valence-corrected chi connectivity index (χ3v) is 6.66. The minimum absolute atomic E-state index is 0.208. The lowest BCUT2D eigenvalue weighted by Gasteiger charge is -2.17. The van der Waals surface area contributed by atoms with Crippen molar-refractivity contribution in [2.75, 3.05) is 26.8 Å². The topological polar surface area (TPSA) is 55.8 Å². The van der Waals surface area contributed by atoms with E-state index < -0.39 is 10.0 Å². The summed E-state index contributed by atoms with van der Waals surface area (Å²) in [5, 5.41) is 0. The highest BCUT2D eigenvalue weighted by atomic mass is 32.2. The summed E-state index contributed by atoms with van der Waals surface area (Å²) in [5.41, 5.74) is 1.14. The molecule has 1 heterocycles. The first kappa shape index (κ1) is 19.7. The number of sulfonamides is 1. The monoisotopic (exact) mass is 389 g/mol. The Kier molecular flexibility index (Phi) is 6.07. The van der Waals surface area contributed by atoms with Crippen molar-refractivity contribution in [3.05, 3.63) is 54.1 Å². The van der Waals surface area contributed by atoms with Crippen LogP contribution in [0.2, 0.25) is 0 Å². The molecule has 0 spiro atoms. The predicted octanol–water partition coefficient (Wildman–Crippen LogP) is 3.91. The van der Waals surface area contributed by atoms with Gasteiger partial charge in [0.2, 0.25) is 10.0 Å². The van der Waals surface area contributed by atoms with Crippen molar-refractivity contribution in [2.45, 2.75) is 31.1 Å². The Morgan fingerprint density at radius 3 is 2.26 bits per heavy atom. The van der Waals surface area contributed by atoms with Gasteiger partial charge in [-0.15, -0.1) is 0 Å². The lowest BCUT2D eigenvalue weighted by Crippen LogP contribution is -2.28. The second-order valence-corrected chi connectivity index (χ2v) is 9.24. The summed E-state index contributed by atoms with van der Waals surface area (Å²) < 4.78 is 38.3. The normalized spacial score (nSPS) is 18.0. The van der Waals surface area contributed by atoms with E-state index in [9.17, 15) is 8.42 Å². The van der Waals surface area contributed by atoms with Gasteiger partial charge in [0, 0.05) is 13.1 Å². The predicted molar refractivity (Wildman–Crippen MR) is 106 cm³/mol. The molecule has 1 saturated heterocycles. The minimum atomic E-state index is -3.49. The second kappa shape index (κ2) is 8.31. The molecule has 3 rings (SSSR count). The summed E-state index contributed by atoms with van der Waals surface area (Å²) >= 11 is 0. The number of rotatable bonds is 7. The number of hydrogen-bond donors (Lipinski definition) is 0. The van der Waals surface area contributed by atoms with Gasteiger partial charge in [-0.05, 0) is 60.2 Å². The molecule has 0 radical (unpaired) electrons. The fraction of sp³-hybridized carbons (Fsp3) is 0.429. The van der Waals surface area contributed by atoms with Crippen LogP contribution in [-0.4, -0.2) is 39.5 Å². The van der Waals surface area contributed by atoms with Gasteiger partial charge in [0.05, 0.1) is 18.6 Å². The Bertz CT molecular complexity index is 845. The van der Waals surface area contributed by atoms with Gasteiger partial charge >= 0.3 is 0 Å². The molecule has 146 valence electrons. The van der Waals surface area contributed by atoms with E-state index in [1.165, 1.54) is 0 Å². The van der Waals surface area contributed by atoms with E-state index >= 15 is 0 Å². The molecule has 5 nitrogen and oxygen atoms in total. The first-order valence-electron chi connectivity index (χ1n) is 9.27. The number of nitrogens with zero attached hydrogens (tertiary/aromatic N) is 1. The number of benzene rings is 2. The Balaban J connectivity index is 1.68. The molecule has 1 aliphatic rings. The molecule has 1 unspecified atom stereocenters. The zero-order valence-corrected chi connectivity index (χ0v) is 16.9. The van der Waals surface area contributed by atoms with Crippen LogP contribution in [0, 0.1) is 5.92 Å². The maximum atomic E-state index is 13.0. The quantitative estimate of drug-likeness (QED) is 0.720. The van der Waals surface area contributed by atoms with E-state index in [2.05, 4.69) is 13.8 Å². The molecule has 2 aromatic rings. The maximum absolute atomic E-state index is 13.0. The molecule has 1 aliphatic heterocycles. The molecule has 0 bridgehead atoms. The number of methoxy groups -OCH3 is 1. The molecule has 0 N–H and O–H groups in total. The summed E-state index contributed by atoms with van der Waals surface area (Å²) in [5.74, 6) is 2.13. The SMILES string of the molecule is COc1ccc(C2CCN(S(=O)(=O)c3ccc(OCC(C)C)cc3)C2)cc1. The highest BCUT2D eigenvalue weighted by molar-refractivity contribution is 7.89. The van der Waals surface area contributed by atoms with Crippen LogP contribution in [0.5, 0.6) is 11.5 Å². The molecular weight excluding hydrogens is 362 g/mol. The molecule has 1 atom stereocenters. The molecule has 0 aliphatic carbocycles. The summed E-state index contributed by atoms with van der Waals surface area (Å²) in [6.45, 7) is 5.80. The Morgan fingerprint density at radius 2 is 1.67 bits per heavy atom. The minimum Gasteiger partial charge on any atom is -0.497 e. The van der Waals surface area contributed by atoms with Gasteiger partial charge < -0.3 is 9.47 Å². The van der Waals surface area contributed by atoms with Crippen LogP contribution in [0.15, 0.2) is 53.4 Å². The van der Waals surface area contributed by atoms with Crippen LogP contribution >= 0.6 is 0 Å². The fourth-order valence-electron chi connectivity index (χ4n) is 3.21. The summed E-state index contributed by atoms with van der Waals surface area (Å²) in [7, 11) is -1.85. The summed E-state index contributed by atoms with van der Waals surface area (Å²) in [6, 6.07) is 14.6. The molecule has 0 amide bonds. The van der Waals surface area contributed by atoms with Crippen molar-refractivity contribution >= 4 is 10.0 Å². The summed E-state index contributed by atoms with van der Waals surface area (Å²) in [4.78, 5) is 0.315. The molecule has 0 aromatic heterocycles. The molecular formula is C21H27NO4S. The number of hydrogen-bond acceptors (Lipinski definition) is 4. The van der Waals surface area contributed by atoms with E-state index in [0.29, 0.717) is 36.3 Å². The van der Waals surface area contributed by atoms with Gasteiger partial charge in [-0.25, -0.2) is 8.42 Å². The Labute approximate surface area is 162 Å². The summed E-state index contributed by atoms with van der Waals surface area (Å²) in [6.07, 6.45) is 0.821. The standard InChI is InChI=1S/C21H27NO4S/c1-16(2)15-26-20-8-10-21(11-9-20)27(23,24)22-13-12-18(14-22)17-4-6-19(25-3)7-5-17/h4-11,16,18H,12-15H2,1-3H3. The fourth-order valence-corrected chi connectivity index (χ4v) is 4.71. The van der Waals surface area contributed by atoms with E-state index in [-0.39, 0.29) is 5.92 Å². The highest BCUT2D eigenvalue weighted by Crippen LogP contribution is 2.32. The van der Waals surface area contributed by atoms with Crippen LogP contribution in [0.25, 0.3) is 0 Å². The van der Waals surface area contributed by atoms with Crippen molar-refractivity contribution in [3.8, 4) is 11.5 Å². The van der Waals surface area contributed by atoms with Crippen molar-refractivity contribution in [2.24, 2.45) is 5.92 Å². The Hall–Kier alpha value is -2.05. The molecule has 0 saturated carbocycles. The van der Waals surface area contributed by atoms with Crippen LogP contribution in [0.3, 0.4) is 0 Å². The Morgan fingerprint density at radius 1 is 1.04 bits per heavy atom. The van der Waals surface area contributed by atoms with Gasteiger partial charge in [-0.3, -0.25) is 0 Å². The van der Waals surface area contributed by atoms with E-state index in [1.807, 2.05) is 24.3 Å². The third-order valence-electron chi connectivity index (χ3n) is 4.78. The second-order valence-electron chi connectivity index (χ2n) is 7.30. The van der Waals surface area contributed by atoms with Crippen molar-refractivity contribution in [1.29, 1.82) is 0 Å². The molecule has 6 heteroatoms. The zero-order valence-electron chi connectivity index (χ0n) is 16.1. The van der Waals surface area contributed by atoms with Gasteiger partial charge in [-0.2, -0.15) is 4.31 Å². The van der Waals surface area contributed by atoms with Crippen LogP contribution in [0.4, 0.5) is 0 Å². The van der Waals surface area contributed by atoms with Crippen LogP contribution in [-0.2, 0) is 10.0 Å². The maximum Gasteiger partial charge on any atom is 0.243 e. The van der Waals surface area contributed by atoms with E-state index in [0.717, 1.165) is 17.7 Å². The largest absolute Gasteiger partial charge is 0.497 e. The lowest BCUT2D eigenvalue weighted by molar-refractivity contribution is 0.271. The van der Waals surface area contributed by atoms with Gasteiger partial charge in [0.15, 0.2) is 0 Å². The first-order chi connectivity index (χ1) is 12.9.